The molecule has 25 heavy (non-hydrogen) atoms. The molecule has 0 bridgehead atoms. The maximum Gasteiger partial charge on any atom is 0.176 e. The van der Waals surface area contributed by atoms with Crippen molar-refractivity contribution in [1.29, 1.82) is 5.41 Å². The van der Waals surface area contributed by atoms with E-state index < -0.39 is 0 Å². The van der Waals surface area contributed by atoms with Gasteiger partial charge in [0.05, 0.1) is 0 Å². The van der Waals surface area contributed by atoms with E-state index in [9.17, 15) is 0 Å². The quantitative estimate of drug-likeness (QED) is 0.188. The molecule has 0 spiro atoms. The van der Waals surface area contributed by atoms with E-state index in [0.717, 1.165) is 17.4 Å². The Labute approximate surface area is 144 Å². The summed E-state index contributed by atoms with van der Waals surface area (Å²) in [4.78, 5) is 0. The molecule has 3 aromatic carbocycles. The van der Waals surface area contributed by atoms with Crippen molar-refractivity contribution in [3.8, 4) is 0 Å². The molecule has 122 valence electrons. The number of rotatable bonds is 3. The Hall–Kier alpha value is -3.47. The number of fused-ring (bicyclic) bond motifs is 2. The summed E-state index contributed by atoms with van der Waals surface area (Å²) >= 11 is 0. The Bertz CT molecular complexity index is 1110. The summed E-state index contributed by atoms with van der Waals surface area (Å²) in [6.07, 6.45) is 2.07. The molecule has 0 aliphatic carbocycles. The molecule has 4 aromatic rings. The first-order chi connectivity index (χ1) is 12.2. The summed E-state index contributed by atoms with van der Waals surface area (Å²) < 4.78 is 2.21. The van der Waals surface area contributed by atoms with Gasteiger partial charge in [0.2, 0.25) is 0 Å². The fourth-order valence-corrected chi connectivity index (χ4v) is 3.13. The van der Waals surface area contributed by atoms with Crippen LogP contribution in [-0.2, 0) is 6.54 Å². The maximum atomic E-state index is 7.82. The molecule has 4 rings (SSSR count). The van der Waals surface area contributed by atoms with Crippen molar-refractivity contribution in [1.82, 2.24) is 4.57 Å². The fourth-order valence-electron chi connectivity index (χ4n) is 3.13. The summed E-state index contributed by atoms with van der Waals surface area (Å²) in [6, 6.07) is 22.8. The van der Waals surface area contributed by atoms with Crippen LogP contribution in [0.2, 0.25) is 0 Å². The lowest BCUT2D eigenvalue weighted by Crippen LogP contribution is -1.99. The smallest absolute Gasteiger partial charge is 0.176 e. The van der Waals surface area contributed by atoms with Crippen LogP contribution < -0.4 is 5.84 Å². The van der Waals surface area contributed by atoms with Crippen LogP contribution in [0.5, 0.6) is 0 Å². The van der Waals surface area contributed by atoms with Gasteiger partial charge in [-0.3, -0.25) is 5.41 Å². The van der Waals surface area contributed by atoms with E-state index in [2.05, 4.69) is 63.6 Å². The van der Waals surface area contributed by atoms with Gasteiger partial charge in [0.1, 0.15) is 0 Å². The third-order valence-corrected chi connectivity index (χ3v) is 4.37. The largest absolute Gasteiger partial charge is 0.343 e. The van der Waals surface area contributed by atoms with E-state index in [4.69, 9.17) is 11.3 Å². The first kappa shape index (κ1) is 15.1. The van der Waals surface area contributed by atoms with Crippen LogP contribution in [0.4, 0.5) is 0 Å². The van der Waals surface area contributed by atoms with Crippen LogP contribution in [-0.4, -0.2) is 10.4 Å². The minimum Gasteiger partial charge on any atom is -0.343 e. The van der Waals surface area contributed by atoms with Crippen LogP contribution in [0, 0.1) is 5.41 Å². The molecule has 5 heteroatoms. The average Bonchev–Trinajstić information content (AvgIpc) is 3.04. The summed E-state index contributed by atoms with van der Waals surface area (Å²) in [5, 5.41) is 18.1. The van der Waals surface area contributed by atoms with Gasteiger partial charge in [-0.05, 0) is 46.7 Å². The Balaban J connectivity index is 1.68. The second-order valence-electron chi connectivity index (χ2n) is 5.96. The summed E-state index contributed by atoms with van der Waals surface area (Å²) in [5.74, 6) is 5.08. The van der Waals surface area contributed by atoms with Gasteiger partial charge < -0.3 is 10.4 Å². The van der Waals surface area contributed by atoms with Gasteiger partial charge in [-0.1, -0.05) is 41.6 Å². The van der Waals surface area contributed by atoms with Gasteiger partial charge >= 0.3 is 0 Å². The standard InChI is InChI=1S/C20H17N5/c21-20(23-24-22)18-7-8-19-17(12-18)9-10-25(19)13-14-5-6-15-3-1-2-4-16(15)11-14/h1-12H,13H2,(H3,21,22,23). The number of amidine groups is 1. The molecule has 1 aromatic heterocycles. The van der Waals surface area contributed by atoms with Crippen molar-refractivity contribution in [2.75, 3.05) is 0 Å². The van der Waals surface area contributed by atoms with Crippen LogP contribution in [0.25, 0.3) is 21.7 Å². The summed E-state index contributed by atoms with van der Waals surface area (Å²) in [6.45, 7) is 0.799. The summed E-state index contributed by atoms with van der Waals surface area (Å²) in [7, 11) is 0. The number of hydrogen-bond acceptors (Lipinski definition) is 2. The Kier molecular flexibility index (Phi) is 3.74. The molecular weight excluding hydrogens is 310 g/mol. The number of nitrogens with zero attached hydrogens (tertiary/aromatic N) is 3. The molecule has 0 atom stereocenters. The van der Waals surface area contributed by atoms with Crippen molar-refractivity contribution >= 4 is 27.5 Å². The fraction of sp³-hybridized carbons (Fsp3) is 0.0500. The molecular formula is C20H17N5. The number of hydrogen-bond donors (Lipinski definition) is 2. The lowest BCUT2D eigenvalue weighted by molar-refractivity contribution is 0.838. The highest BCUT2D eigenvalue weighted by Gasteiger charge is 2.06. The van der Waals surface area contributed by atoms with Crippen LogP contribution in [0.15, 0.2) is 83.3 Å². The van der Waals surface area contributed by atoms with Gasteiger partial charge in [0.15, 0.2) is 5.84 Å². The van der Waals surface area contributed by atoms with Gasteiger partial charge in [0, 0.05) is 29.2 Å². The van der Waals surface area contributed by atoms with Crippen LogP contribution >= 0.6 is 0 Å². The van der Waals surface area contributed by atoms with Crippen LogP contribution in [0.3, 0.4) is 0 Å². The minimum absolute atomic E-state index is 0.0617. The molecule has 3 N–H and O–H groups in total. The van der Waals surface area contributed by atoms with E-state index >= 15 is 0 Å². The van der Waals surface area contributed by atoms with E-state index in [1.807, 2.05) is 24.3 Å². The Morgan fingerprint density at radius 3 is 2.60 bits per heavy atom. The number of benzene rings is 3. The number of nitrogens with one attached hydrogen (secondary N) is 1. The molecule has 0 saturated heterocycles. The maximum absolute atomic E-state index is 7.82. The summed E-state index contributed by atoms with van der Waals surface area (Å²) in [5.41, 5.74) is 3.07. The molecule has 0 amide bonds. The monoisotopic (exact) mass is 327 g/mol. The first-order valence-corrected chi connectivity index (χ1v) is 8.01. The number of nitrogens with two attached hydrogens (primary N) is 1. The lowest BCUT2D eigenvalue weighted by atomic mass is 10.1. The zero-order chi connectivity index (χ0) is 17.2. The zero-order valence-electron chi connectivity index (χ0n) is 13.6. The normalized spacial score (nSPS) is 11.5. The minimum atomic E-state index is 0.0617. The molecule has 0 aliphatic rings. The topological polar surface area (TPSA) is 79.5 Å². The van der Waals surface area contributed by atoms with E-state index in [1.54, 1.807) is 0 Å². The van der Waals surface area contributed by atoms with E-state index in [0.29, 0.717) is 5.56 Å². The highest BCUT2D eigenvalue weighted by Crippen LogP contribution is 2.21. The van der Waals surface area contributed by atoms with Crippen molar-refractivity contribution in [3.63, 3.8) is 0 Å². The Morgan fingerprint density at radius 1 is 0.920 bits per heavy atom. The zero-order valence-corrected chi connectivity index (χ0v) is 13.6. The van der Waals surface area contributed by atoms with E-state index in [1.165, 1.54) is 16.3 Å². The van der Waals surface area contributed by atoms with Gasteiger partial charge in [-0.2, -0.15) is 0 Å². The van der Waals surface area contributed by atoms with Crippen molar-refractivity contribution < 1.29 is 0 Å². The van der Waals surface area contributed by atoms with Gasteiger partial charge in [-0.15, -0.1) is 5.11 Å². The van der Waals surface area contributed by atoms with E-state index in [-0.39, 0.29) is 5.84 Å². The molecule has 5 nitrogen and oxygen atoms in total. The molecule has 0 unspecified atom stereocenters. The molecule has 0 fully saturated rings. The predicted octanol–water partition coefficient (Wildman–Crippen LogP) is 4.49. The van der Waals surface area contributed by atoms with Crippen LogP contribution in [0.1, 0.15) is 11.1 Å². The van der Waals surface area contributed by atoms with Crippen molar-refractivity contribution in [2.45, 2.75) is 6.54 Å². The third kappa shape index (κ3) is 2.87. The molecule has 0 aliphatic heterocycles. The first-order valence-electron chi connectivity index (χ1n) is 8.01. The van der Waals surface area contributed by atoms with Gasteiger partial charge in [-0.25, -0.2) is 0 Å². The highest BCUT2D eigenvalue weighted by atomic mass is 15.3. The van der Waals surface area contributed by atoms with Crippen molar-refractivity contribution in [3.05, 3.63) is 84.1 Å². The second-order valence-corrected chi connectivity index (χ2v) is 5.96. The third-order valence-electron chi connectivity index (χ3n) is 4.37. The lowest BCUT2D eigenvalue weighted by Gasteiger charge is -2.08. The Morgan fingerprint density at radius 2 is 1.76 bits per heavy atom. The molecule has 1 heterocycles. The SMILES string of the molecule is N=C(N=NN)c1ccc2c(ccn2Cc2ccc3ccccc3c2)c1. The second kappa shape index (κ2) is 6.20. The van der Waals surface area contributed by atoms with Crippen molar-refractivity contribution in [2.24, 2.45) is 16.2 Å². The molecule has 0 radical (unpaired) electrons. The predicted molar refractivity (Wildman–Crippen MR) is 101 cm³/mol. The molecule has 0 saturated carbocycles. The van der Waals surface area contributed by atoms with Gasteiger partial charge in [0.25, 0.3) is 0 Å². The average molecular weight is 327 g/mol. The highest BCUT2D eigenvalue weighted by molar-refractivity contribution is 6.00. The number of aromatic nitrogens is 1.